The van der Waals surface area contributed by atoms with Crippen LogP contribution in [0.15, 0.2) is 15.9 Å². The summed E-state index contributed by atoms with van der Waals surface area (Å²) in [7, 11) is 0. The Hall–Kier alpha value is -1.97. The topological polar surface area (TPSA) is 133 Å². The minimum absolute atomic E-state index is 0.152. The Bertz CT molecular complexity index is 717. The molecule has 9 heteroatoms. The van der Waals surface area contributed by atoms with Crippen molar-refractivity contribution in [1.29, 1.82) is 0 Å². The maximum atomic E-state index is 11.8. The van der Waals surface area contributed by atoms with Crippen molar-refractivity contribution >= 4 is 11.2 Å². The number of aliphatic hydroxyl groups excluding tert-OH is 2. The van der Waals surface area contributed by atoms with Crippen LogP contribution in [0.3, 0.4) is 0 Å². The van der Waals surface area contributed by atoms with Crippen molar-refractivity contribution in [3.63, 3.8) is 0 Å². The van der Waals surface area contributed by atoms with Crippen molar-refractivity contribution in [1.82, 2.24) is 19.5 Å². The second-order valence-corrected chi connectivity index (χ2v) is 4.37. The van der Waals surface area contributed by atoms with E-state index in [4.69, 9.17) is 9.84 Å². The zero-order valence-electron chi connectivity index (χ0n) is 9.74. The Labute approximate surface area is 105 Å². The fourth-order valence-electron chi connectivity index (χ4n) is 2.25. The van der Waals surface area contributed by atoms with Gasteiger partial charge in [0.15, 0.2) is 11.2 Å². The molecule has 1 saturated heterocycles. The van der Waals surface area contributed by atoms with Crippen molar-refractivity contribution < 1.29 is 14.9 Å². The lowest BCUT2D eigenvalue weighted by molar-refractivity contribution is -0.0431. The van der Waals surface area contributed by atoms with Gasteiger partial charge in [0.05, 0.1) is 19.0 Å². The maximum absolute atomic E-state index is 11.8. The molecule has 0 spiro atoms. The summed E-state index contributed by atoms with van der Waals surface area (Å²) in [5.74, 6) is 0. The molecule has 4 N–H and O–H groups in total. The SMILES string of the molecule is O=c1[nH]c(=O)c2c(ncn2C2C[C@H](O)[C@@H](CO)O2)[nH]1. The van der Waals surface area contributed by atoms with Crippen LogP contribution >= 0.6 is 0 Å². The van der Waals surface area contributed by atoms with Crippen LogP contribution in [0.4, 0.5) is 0 Å². The van der Waals surface area contributed by atoms with E-state index < -0.39 is 29.7 Å². The number of aromatic nitrogens is 4. The zero-order valence-corrected chi connectivity index (χ0v) is 9.74. The molecule has 1 aliphatic heterocycles. The van der Waals surface area contributed by atoms with E-state index >= 15 is 0 Å². The third-order valence-electron chi connectivity index (χ3n) is 3.16. The largest absolute Gasteiger partial charge is 0.394 e. The number of aliphatic hydroxyl groups is 2. The summed E-state index contributed by atoms with van der Waals surface area (Å²) in [6.07, 6.45) is -0.523. The Morgan fingerprint density at radius 1 is 1.47 bits per heavy atom. The third kappa shape index (κ3) is 1.87. The van der Waals surface area contributed by atoms with Crippen LogP contribution in [0.25, 0.3) is 11.2 Å². The van der Waals surface area contributed by atoms with Crippen molar-refractivity contribution in [2.75, 3.05) is 6.61 Å². The molecular formula is C10H12N4O5. The highest BCUT2D eigenvalue weighted by atomic mass is 16.5. The Kier molecular flexibility index (Phi) is 2.73. The van der Waals surface area contributed by atoms with Gasteiger partial charge in [-0.25, -0.2) is 9.78 Å². The summed E-state index contributed by atoms with van der Waals surface area (Å²) in [6.45, 7) is -0.308. The Morgan fingerprint density at radius 3 is 2.95 bits per heavy atom. The van der Waals surface area contributed by atoms with E-state index in [2.05, 4.69) is 15.0 Å². The summed E-state index contributed by atoms with van der Waals surface area (Å²) in [5, 5.41) is 18.7. The smallest absolute Gasteiger partial charge is 0.327 e. The number of fused-ring (bicyclic) bond motifs is 1. The molecule has 2 aromatic rings. The van der Waals surface area contributed by atoms with Crippen molar-refractivity contribution in [3.8, 4) is 0 Å². The fourth-order valence-corrected chi connectivity index (χ4v) is 2.25. The summed E-state index contributed by atoms with van der Waals surface area (Å²) < 4.78 is 6.87. The molecule has 0 bridgehead atoms. The quantitative estimate of drug-likeness (QED) is 0.500. The summed E-state index contributed by atoms with van der Waals surface area (Å²) in [6, 6.07) is 0. The highest BCUT2D eigenvalue weighted by molar-refractivity contribution is 5.68. The van der Waals surface area contributed by atoms with Gasteiger partial charge in [0.25, 0.3) is 5.56 Å². The summed E-state index contributed by atoms with van der Waals surface area (Å²) in [4.78, 5) is 31.3. The number of nitrogens with one attached hydrogen (secondary N) is 2. The molecule has 3 heterocycles. The fraction of sp³-hybridized carbons (Fsp3) is 0.500. The van der Waals surface area contributed by atoms with E-state index in [9.17, 15) is 14.7 Å². The molecule has 0 amide bonds. The van der Waals surface area contributed by atoms with Gasteiger partial charge in [0.1, 0.15) is 12.3 Å². The second-order valence-electron chi connectivity index (χ2n) is 4.37. The van der Waals surface area contributed by atoms with Crippen molar-refractivity contribution in [2.45, 2.75) is 24.9 Å². The molecule has 0 aliphatic carbocycles. The molecular weight excluding hydrogens is 256 g/mol. The molecule has 0 aromatic carbocycles. The lowest BCUT2D eigenvalue weighted by Gasteiger charge is -2.13. The van der Waals surface area contributed by atoms with E-state index in [0.29, 0.717) is 0 Å². The van der Waals surface area contributed by atoms with Crippen LogP contribution in [0.1, 0.15) is 12.6 Å². The number of hydrogen-bond acceptors (Lipinski definition) is 6. The van der Waals surface area contributed by atoms with Crippen LogP contribution in [-0.4, -0.2) is 48.5 Å². The Balaban J connectivity index is 2.08. The van der Waals surface area contributed by atoms with Crippen LogP contribution in [0, 0.1) is 0 Å². The molecule has 3 rings (SSSR count). The molecule has 3 atom stereocenters. The van der Waals surface area contributed by atoms with Crippen molar-refractivity contribution in [3.05, 3.63) is 27.2 Å². The third-order valence-corrected chi connectivity index (χ3v) is 3.16. The minimum atomic E-state index is -0.811. The minimum Gasteiger partial charge on any atom is -0.394 e. The van der Waals surface area contributed by atoms with E-state index in [1.807, 2.05) is 0 Å². The summed E-state index contributed by atoms with van der Waals surface area (Å²) >= 11 is 0. The standard InChI is InChI=1S/C10H12N4O5/c15-2-5-4(16)1-6(19-5)14-3-11-8-7(14)9(17)13-10(18)12-8/h3-6,15-16H,1-2H2,(H2,12,13,17,18)/t4-,5+,6?/m0/s1. The first kappa shape index (κ1) is 12.1. The number of nitrogens with zero attached hydrogens (tertiary/aromatic N) is 2. The van der Waals surface area contributed by atoms with Gasteiger partial charge >= 0.3 is 5.69 Å². The normalized spacial score (nSPS) is 27.2. The van der Waals surface area contributed by atoms with Gasteiger partial charge < -0.3 is 14.9 Å². The van der Waals surface area contributed by atoms with Crippen LogP contribution in [0.2, 0.25) is 0 Å². The number of rotatable bonds is 2. The predicted octanol–water partition coefficient (Wildman–Crippen LogP) is -1.95. The van der Waals surface area contributed by atoms with Gasteiger partial charge in [0.2, 0.25) is 0 Å². The van der Waals surface area contributed by atoms with Gasteiger partial charge in [-0.05, 0) is 0 Å². The van der Waals surface area contributed by atoms with Gasteiger partial charge in [-0.15, -0.1) is 0 Å². The van der Waals surface area contributed by atoms with E-state index in [0.717, 1.165) is 0 Å². The monoisotopic (exact) mass is 268 g/mol. The molecule has 2 aromatic heterocycles. The number of hydrogen-bond donors (Lipinski definition) is 4. The molecule has 0 radical (unpaired) electrons. The number of H-pyrrole nitrogens is 2. The molecule has 1 unspecified atom stereocenters. The molecule has 1 aliphatic rings. The van der Waals surface area contributed by atoms with Crippen LogP contribution in [-0.2, 0) is 4.74 Å². The number of ether oxygens (including phenoxy) is 1. The molecule has 0 saturated carbocycles. The lowest BCUT2D eigenvalue weighted by Crippen LogP contribution is -2.25. The van der Waals surface area contributed by atoms with Crippen LogP contribution in [0.5, 0.6) is 0 Å². The van der Waals surface area contributed by atoms with Gasteiger partial charge in [-0.1, -0.05) is 0 Å². The average molecular weight is 268 g/mol. The first-order valence-electron chi connectivity index (χ1n) is 5.73. The van der Waals surface area contributed by atoms with E-state index in [1.165, 1.54) is 10.9 Å². The summed E-state index contributed by atoms with van der Waals surface area (Å²) in [5.41, 5.74) is -0.903. The zero-order chi connectivity index (χ0) is 13.6. The molecule has 19 heavy (non-hydrogen) atoms. The Morgan fingerprint density at radius 2 is 2.26 bits per heavy atom. The van der Waals surface area contributed by atoms with Crippen LogP contribution < -0.4 is 11.2 Å². The highest BCUT2D eigenvalue weighted by Gasteiger charge is 2.35. The highest BCUT2D eigenvalue weighted by Crippen LogP contribution is 2.29. The second kappa shape index (κ2) is 4.30. The number of imidazole rings is 1. The average Bonchev–Trinajstić information content (AvgIpc) is 2.92. The van der Waals surface area contributed by atoms with Gasteiger partial charge in [0, 0.05) is 6.42 Å². The number of aromatic amines is 2. The first-order chi connectivity index (χ1) is 9.10. The molecule has 1 fully saturated rings. The van der Waals surface area contributed by atoms with E-state index in [1.54, 1.807) is 0 Å². The predicted molar refractivity (Wildman–Crippen MR) is 62.6 cm³/mol. The lowest BCUT2D eigenvalue weighted by atomic mass is 10.2. The first-order valence-corrected chi connectivity index (χ1v) is 5.73. The molecule has 102 valence electrons. The van der Waals surface area contributed by atoms with Gasteiger partial charge in [-0.2, -0.15) is 0 Å². The van der Waals surface area contributed by atoms with Gasteiger partial charge in [-0.3, -0.25) is 19.3 Å². The van der Waals surface area contributed by atoms with E-state index in [-0.39, 0.29) is 24.2 Å². The maximum Gasteiger partial charge on any atom is 0.327 e. The molecule has 9 nitrogen and oxygen atoms in total. The van der Waals surface area contributed by atoms with Crippen molar-refractivity contribution in [2.24, 2.45) is 0 Å².